The van der Waals surface area contributed by atoms with Gasteiger partial charge in [0.1, 0.15) is 0 Å². The van der Waals surface area contributed by atoms with Gasteiger partial charge in [-0.2, -0.15) is 37.0 Å². The molecule has 21 nitrogen and oxygen atoms in total. The molecule has 2 aliphatic carbocycles. The van der Waals surface area contributed by atoms with Gasteiger partial charge >= 0.3 is 0 Å². The Morgan fingerprint density at radius 1 is 0.627 bits per heavy atom. The van der Waals surface area contributed by atoms with Gasteiger partial charge in [0.2, 0.25) is 0 Å². The number of pyridine rings is 2. The average molecular weight is 851 g/mol. The lowest BCUT2D eigenvalue weighted by Gasteiger charge is -2.10. The van der Waals surface area contributed by atoms with Crippen LogP contribution in [-0.2, 0) is 20.2 Å². The zero-order valence-electron chi connectivity index (χ0n) is 31.6. The number of fused-ring (bicyclic) bond motifs is 2. The Balaban J connectivity index is 0.000000210. The van der Waals surface area contributed by atoms with E-state index in [0.717, 1.165) is 70.3 Å². The summed E-state index contributed by atoms with van der Waals surface area (Å²) in [4.78, 5) is 40.7. The van der Waals surface area contributed by atoms with Crippen LogP contribution in [0.3, 0.4) is 0 Å². The molecule has 0 bridgehead atoms. The van der Waals surface area contributed by atoms with Gasteiger partial charge in [0, 0.05) is 35.0 Å². The summed E-state index contributed by atoms with van der Waals surface area (Å²) in [6.07, 6.45) is 12.1. The number of aromatic nitrogens is 6. The van der Waals surface area contributed by atoms with E-state index in [4.69, 9.17) is 32.0 Å². The number of nitrogens with zero attached hydrogens (tertiary/aromatic N) is 8. The zero-order chi connectivity index (χ0) is 42.4. The van der Waals surface area contributed by atoms with Crippen LogP contribution < -0.4 is 22.9 Å². The van der Waals surface area contributed by atoms with Crippen molar-refractivity contribution >= 4 is 65.8 Å². The number of guanidine groups is 2. The van der Waals surface area contributed by atoms with E-state index in [-0.39, 0.29) is 17.4 Å². The summed E-state index contributed by atoms with van der Waals surface area (Å²) in [7, 11) is -7.33. The maximum Gasteiger partial charge on any atom is 0.283 e. The molecule has 2 fully saturated rings. The van der Waals surface area contributed by atoms with Crippen molar-refractivity contribution in [2.45, 2.75) is 37.5 Å². The van der Waals surface area contributed by atoms with Crippen LogP contribution in [0, 0.1) is 0 Å². The van der Waals surface area contributed by atoms with E-state index in [0.29, 0.717) is 35.5 Å². The highest BCUT2D eigenvalue weighted by Crippen LogP contribution is 2.44. The Morgan fingerprint density at radius 3 is 1.27 bits per heavy atom. The molecule has 2 amide bonds. The minimum Gasteiger partial charge on any atom is -0.412 e. The molecule has 0 spiro atoms. The second-order valence-corrected chi connectivity index (χ2v) is 16.0. The van der Waals surface area contributed by atoms with E-state index >= 15 is 0 Å². The van der Waals surface area contributed by atoms with Crippen molar-refractivity contribution in [2.75, 3.05) is 12.5 Å². The van der Waals surface area contributed by atoms with Crippen LogP contribution in [0.1, 0.15) is 69.6 Å². The fraction of sp³-hybridized carbons (Fsp3) is 0.222. The van der Waals surface area contributed by atoms with Gasteiger partial charge in [0.25, 0.3) is 32.1 Å². The number of hydrogen-bond donors (Lipinski definition) is 6. The Bertz CT molecular complexity index is 2550. The lowest BCUT2D eigenvalue weighted by atomic mass is 10.1. The van der Waals surface area contributed by atoms with Crippen molar-refractivity contribution < 1.29 is 41.0 Å². The Hall–Kier alpha value is -6.66. The molecule has 2 saturated carbocycles. The SMILES string of the molecule is CS(=O)(=O)O.CS(=O)(=O)O.NC(N)=NC(=O)c1cnn(-c2cccc3ncccc23)c1C1CC1.NC(N)=NC(=O)c1cnn(-c2cccc3ncccc23)c1C1CC1.O. The van der Waals surface area contributed by atoms with E-state index in [1.54, 1.807) is 12.4 Å². The van der Waals surface area contributed by atoms with E-state index in [1.807, 2.05) is 70.0 Å². The molecule has 59 heavy (non-hydrogen) atoms. The number of nitrogens with two attached hydrogens (primary N) is 4. The number of carbonyl (C=O) groups is 2. The van der Waals surface area contributed by atoms with Crippen LogP contribution in [0.5, 0.6) is 0 Å². The first-order valence-electron chi connectivity index (χ1n) is 17.3. The Labute approximate surface area is 337 Å². The van der Waals surface area contributed by atoms with E-state index in [2.05, 4.69) is 30.2 Å². The first-order chi connectivity index (χ1) is 27.3. The van der Waals surface area contributed by atoms with Crippen LogP contribution in [0.4, 0.5) is 0 Å². The molecule has 23 heteroatoms. The Morgan fingerprint density at radius 2 is 0.966 bits per heavy atom. The third-order valence-corrected chi connectivity index (χ3v) is 8.16. The summed E-state index contributed by atoms with van der Waals surface area (Å²) in [6, 6.07) is 19.5. The molecule has 4 aromatic heterocycles. The summed E-state index contributed by atoms with van der Waals surface area (Å²) in [5.41, 5.74) is 27.5. The predicted octanol–water partition coefficient (Wildman–Crippen LogP) is 1.61. The molecule has 0 saturated heterocycles. The molecule has 2 aromatic carbocycles. The molecule has 0 atom stereocenters. The molecule has 6 aromatic rings. The molecule has 312 valence electrons. The third-order valence-electron chi connectivity index (χ3n) is 8.16. The minimum atomic E-state index is -3.67. The quantitative estimate of drug-likeness (QED) is 0.0787. The summed E-state index contributed by atoms with van der Waals surface area (Å²) < 4.78 is 55.4. The van der Waals surface area contributed by atoms with Gasteiger partial charge in [0.05, 0.1) is 69.8 Å². The molecular weight excluding hydrogens is 809 g/mol. The summed E-state index contributed by atoms with van der Waals surface area (Å²) in [6.45, 7) is 0. The largest absolute Gasteiger partial charge is 0.412 e. The van der Waals surface area contributed by atoms with Crippen molar-refractivity contribution in [3.63, 3.8) is 0 Å². The fourth-order valence-electron chi connectivity index (χ4n) is 5.83. The zero-order valence-corrected chi connectivity index (χ0v) is 33.2. The first-order valence-corrected chi connectivity index (χ1v) is 21.0. The number of aliphatic imine (C=N–C) groups is 2. The van der Waals surface area contributed by atoms with Crippen molar-refractivity contribution in [3.05, 3.63) is 108 Å². The molecule has 12 N–H and O–H groups in total. The topological polar surface area (TPSA) is 365 Å². The van der Waals surface area contributed by atoms with Gasteiger partial charge < -0.3 is 28.4 Å². The van der Waals surface area contributed by atoms with Gasteiger partial charge in [-0.05, 0) is 74.2 Å². The average Bonchev–Trinajstić information content (AvgIpc) is 4.07. The maximum atomic E-state index is 12.3. The molecule has 8 rings (SSSR count). The van der Waals surface area contributed by atoms with Crippen molar-refractivity contribution in [2.24, 2.45) is 32.9 Å². The van der Waals surface area contributed by atoms with E-state index in [9.17, 15) is 26.4 Å². The number of carbonyl (C=O) groups excluding carboxylic acids is 2. The van der Waals surface area contributed by atoms with Crippen molar-refractivity contribution in [3.8, 4) is 11.4 Å². The number of hydrogen-bond acceptors (Lipinski definition) is 10. The summed E-state index contributed by atoms with van der Waals surface area (Å²) in [5, 5.41) is 10.8. The van der Waals surface area contributed by atoms with Gasteiger partial charge in [-0.1, -0.05) is 12.1 Å². The number of rotatable bonds is 6. The second-order valence-electron chi connectivity index (χ2n) is 13.1. The monoisotopic (exact) mass is 850 g/mol. The smallest absolute Gasteiger partial charge is 0.283 e. The lowest BCUT2D eigenvalue weighted by Crippen LogP contribution is -2.24. The van der Waals surface area contributed by atoms with Gasteiger partial charge in [-0.3, -0.25) is 28.7 Å². The van der Waals surface area contributed by atoms with Crippen LogP contribution >= 0.6 is 0 Å². The van der Waals surface area contributed by atoms with Gasteiger partial charge in [-0.15, -0.1) is 0 Å². The first kappa shape index (κ1) is 45.0. The van der Waals surface area contributed by atoms with E-state index in [1.165, 1.54) is 12.4 Å². The molecule has 4 heterocycles. The second kappa shape index (κ2) is 18.7. The molecule has 0 radical (unpaired) electrons. The van der Waals surface area contributed by atoms with Crippen molar-refractivity contribution in [1.82, 2.24) is 29.5 Å². The fourth-order valence-corrected chi connectivity index (χ4v) is 5.83. The summed E-state index contributed by atoms with van der Waals surface area (Å²) in [5.74, 6) is -0.809. The van der Waals surface area contributed by atoms with Crippen LogP contribution in [-0.4, -0.2) is 97.2 Å². The summed E-state index contributed by atoms with van der Waals surface area (Å²) >= 11 is 0. The third kappa shape index (κ3) is 12.7. The predicted molar refractivity (Wildman–Crippen MR) is 221 cm³/mol. The Kier molecular flexibility index (Phi) is 14.3. The van der Waals surface area contributed by atoms with Crippen molar-refractivity contribution in [1.29, 1.82) is 0 Å². The van der Waals surface area contributed by atoms with Crippen LogP contribution in [0.15, 0.2) is 95.4 Å². The van der Waals surface area contributed by atoms with E-state index < -0.39 is 32.1 Å². The molecule has 0 aliphatic heterocycles. The van der Waals surface area contributed by atoms with Gasteiger partial charge in [0.15, 0.2) is 11.9 Å². The number of amides is 2. The minimum absolute atomic E-state index is 0. The van der Waals surface area contributed by atoms with Crippen LogP contribution in [0.2, 0.25) is 0 Å². The molecule has 2 aliphatic rings. The highest BCUT2D eigenvalue weighted by atomic mass is 32.2. The highest BCUT2D eigenvalue weighted by molar-refractivity contribution is 7.85. The lowest BCUT2D eigenvalue weighted by molar-refractivity contribution is 0.0993. The number of benzene rings is 2. The maximum absolute atomic E-state index is 12.3. The van der Waals surface area contributed by atoms with Crippen LogP contribution in [0.25, 0.3) is 33.2 Å². The van der Waals surface area contributed by atoms with Gasteiger partial charge in [-0.25, -0.2) is 9.36 Å². The molecular formula is C36H42N12O9S2. The highest BCUT2D eigenvalue weighted by Gasteiger charge is 2.34. The standard InChI is InChI=1S/2C17H16N6O.2CH4O3S.H2O/c2*18-17(19)22-16(24)12-9-21-23(15(12)10-6-7-10)14-5-1-4-13-11(14)3-2-8-20-13;2*1-5(2,3)4;/h2*1-5,8-10H,6-7H2,(H4,18,19,22,24);2*1H3,(H,2,3,4);1H2. The normalized spacial score (nSPS) is 13.2. The molecule has 0 unspecified atom stereocenters.